The van der Waals surface area contributed by atoms with Crippen molar-refractivity contribution in [3.8, 4) is 0 Å². The number of amides is 2. The van der Waals surface area contributed by atoms with Crippen molar-refractivity contribution in [2.75, 3.05) is 17.2 Å². The van der Waals surface area contributed by atoms with Crippen LogP contribution in [0.3, 0.4) is 0 Å². The minimum Gasteiger partial charge on any atom is -0.450 e. The first-order valence-corrected chi connectivity index (χ1v) is 7.37. The predicted octanol–water partition coefficient (Wildman–Crippen LogP) is 3.38. The molecule has 1 aromatic carbocycles. The molecule has 128 valence electrons. The number of anilines is 2. The van der Waals surface area contributed by atoms with Gasteiger partial charge in [0.05, 0.1) is 17.9 Å². The maximum atomic E-state index is 12.5. The Bertz CT molecular complexity index is 748. The zero-order valence-electron chi connectivity index (χ0n) is 12.2. The van der Waals surface area contributed by atoms with E-state index >= 15 is 0 Å². The summed E-state index contributed by atoms with van der Waals surface area (Å²) in [5, 5.41) is 9.35. The molecule has 1 aromatic heterocycles. The molecule has 2 rings (SSSR count). The van der Waals surface area contributed by atoms with Crippen LogP contribution in [-0.4, -0.2) is 28.8 Å². The Labute approximate surface area is 137 Å². The molecule has 0 saturated carbocycles. The highest BCUT2D eigenvalue weighted by atomic mass is 32.1. The van der Waals surface area contributed by atoms with Gasteiger partial charge in [-0.15, -0.1) is 10.2 Å². The highest BCUT2D eigenvalue weighted by Crippen LogP contribution is 2.33. The molecular weight excluding hydrogens is 349 g/mol. The maximum absolute atomic E-state index is 12.5. The van der Waals surface area contributed by atoms with Crippen molar-refractivity contribution in [2.24, 2.45) is 0 Å². The average Bonchev–Trinajstić information content (AvgIpc) is 2.96. The summed E-state index contributed by atoms with van der Waals surface area (Å²) in [6.07, 6.45) is -5.39. The summed E-state index contributed by atoms with van der Waals surface area (Å²) in [6, 6.07) is 5.95. The number of aromatic nitrogens is 2. The summed E-state index contributed by atoms with van der Waals surface area (Å²) < 4.78 is 42.1. The minimum atomic E-state index is -4.63. The first-order chi connectivity index (χ1) is 11.3. The van der Waals surface area contributed by atoms with Crippen molar-refractivity contribution in [3.05, 3.63) is 34.8 Å². The molecule has 0 spiro atoms. The topological polar surface area (TPSA) is 93.2 Å². The van der Waals surface area contributed by atoms with E-state index in [1.54, 1.807) is 13.0 Å². The summed E-state index contributed by atoms with van der Waals surface area (Å²) in [5.41, 5.74) is 0.184. The Morgan fingerprint density at radius 2 is 1.92 bits per heavy atom. The molecule has 0 unspecified atom stereocenters. The Kier molecular flexibility index (Phi) is 5.34. The Morgan fingerprint density at radius 1 is 1.21 bits per heavy atom. The van der Waals surface area contributed by atoms with Crippen LogP contribution in [0.5, 0.6) is 0 Å². The highest BCUT2D eigenvalue weighted by molar-refractivity contribution is 7.15. The number of rotatable bonds is 4. The van der Waals surface area contributed by atoms with Gasteiger partial charge in [-0.25, -0.2) is 4.79 Å². The lowest BCUT2D eigenvalue weighted by molar-refractivity contribution is -0.138. The van der Waals surface area contributed by atoms with Crippen LogP contribution >= 0.6 is 11.3 Å². The molecule has 2 aromatic rings. The van der Waals surface area contributed by atoms with Crippen molar-refractivity contribution < 1.29 is 27.5 Å². The van der Waals surface area contributed by atoms with Crippen LogP contribution < -0.4 is 10.6 Å². The van der Waals surface area contributed by atoms with E-state index in [1.807, 2.05) is 0 Å². The normalized spacial score (nSPS) is 11.0. The number of carbonyl (C=O) groups excluding carboxylic acids is 2. The number of carbonyl (C=O) groups is 2. The van der Waals surface area contributed by atoms with Crippen LogP contribution in [0.15, 0.2) is 24.3 Å². The summed E-state index contributed by atoms with van der Waals surface area (Å²) in [6.45, 7) is 1.76. The van der Waals surface area contributed by atoms with Crippen molar-refractivity contribution in [1.82, 2.24) is 10.2 Å². The van der Waals surface area contributed by atoms with Gasteiger partial charge < -0.3 is 4.74 Å². The van der Waals surface area contributed by atoms with Crippen LogP contribution in [0, 0.1) is 0 Å². The number of halogens is 3. The number of benzene rings is 1. The zero-order valence-corrected chi connectivity index (χ0v) is 13.0. The quantitative estimate of drug-likeness (QED) is 0.872. The molecule has 7 nitrogen and oxygen atoms in total. The lowest BCUT2D eigenvalue weighted by atomic mass is 10.1. The van der Waals surface area contributed by atoms with Crippen LogP contribution in [0.2, 0.25) is 0 Å². The Hall–Kier alpha value is -2.69. The number of ether oxygens (including phenoxy) is 1. The van der Waals surface area contributed by atoms with Gasteiger partial charge in [0.2, 0.25) is 10.1 Å². The minimum absolute atomic E-state index is 0.0364. The molecule has 0 fully saturated rings. The molecule has 0 saturated heterocycles. The summed E-state index contributed by atoms with van der Waals surface area (Å²) in [5.74, 6) is -0.743. The van der Waals surface area contributed by atoms with E-state index < -0.39 is 23.2 Å². The first-order valence-electron chi connectivity index (χ1n) is 6.56. The molecule has 0 aliphatic heterocycles. The van der Waals surface area contributed by atoms with E-state index in [9.17, 15) is 22.8 Å². The number of nitrogens with zero attached hydrogens (tertiary/aromatic N) is 2. The Balaban J connectivity index is 2.15. The molecule has 0 aliphatic rings. The monoisotopic (exact) mass is 360 g/mol. The van der Waals surface area contributed by atoms with Gasteiger partial charge in [-0.1, -0.05) is 23.5 Å². The smallest absolute Gasteiger partial charge is 0.445 e. The third-order valence-electron chi connectivity index (χ3n) is 2.57. The van der Waals surface area contributed by atoms with Gasteiger partial charge in [0.25, 0.3) is 5.91 Å². The molecule has 24 heavy (non-hydrogen) atoms. The van der Waals surface area contributed by atoms with E-state index in [0.29, 0.717) is 0 Å². The zero-order chi connectivity index (χ0) is 17.7. The molecular formula is C13H11F3N4O3S. The third-order valence-corrected chi connectivity index (χ3v) is 3.46. The van der Waals surface area contributed by atoms with Crippen LogP contribution in [0.25, 0.3) is 0 Å². The lowest BCUT2D eigenvalue weighted by Gasteiger charge is -2.10. The van der Waals surface area contributed by atoms with Crippen molar-refractivity contribution in [1.29, 1.82) is 0 Å². The fourth-order valence-corrected chi connectivity index (χ4v) is 2.23. The number of hydrogen-bond acceptors (Lipinski definition) is 6. The van der Waals surface area contributed by atoms with E-state index in [4.69, 9.17) is 4.74 Å². The molecule has 1 heterocycles. The van der Waals surface area contributed by atoms with Gasteiger partial charge in [0.1, 0.15) is 0 Å². The van der Waals surface area contributed by atoms with Crippen molar-refractivity contribution >= 4 is 34.2 Å². The molecule has 2 N–H and O–H groups in total. The molecule has 0 aliphatic carbocycles. The van der Waals surface area contributed by atoms with Crippen LogP contribution in [0.1, 0.15) is 22.3 Å². The van der Waals surface area contributed by atoms with Gasteiger partial charge in [-0.3, -0.25) is 15.4 Å². The molecule has 11 heteroatoms. The number of nitrogens with one attached hydrogen (secondary N) is 2. The predicted molar refractivity (Wildman–Crippen MR) is 80.0 cm³/mol. The van der Waals surface area contributed by atoms with E-state index in [2.05, 4.69) is 20.8 Å². The highest BCUT2D eigenvalue weighted by Gasteiger charge is 2.35. The van der Waals surface area contributed by atoms with Crippen LogP contribution in [-0.2, 0) is 10.9 Å². The van der Waals surface area contributed by atoms with Crippen molar-refractivity contribution in [3.63, 3.8) is 0 Å². The Morgan fingerprint density at radius 3 is 2.54 bits per heavy atom. The van der Waals surface area contributed by atoms with E-state index in [0.717, 1.165) is 0 Å². The molecule has 0 atom stereocenters. The lowest BCUT2D eigenvalue weighted by Crippen LogP contribution is -2.18. The third kappa shape index (κ3) is 4.41. The molecule has 0 radical (unpaired) electrons. The number of para-hydroxylation sites is 1. The largest absolute Gasteiger partial charge is 0.450 e. The van der Waals surface area contributed by atoms with Gasteiger partial charge in [-0.2, -0.15) is 13.2 Å². The number of alkyl halides is 3. The van der Waals surface area contributed by atoms with Gasteiger partial charge >= 0.3 is 12.3 Å². The van der Waals surface area contributed by atoms with Gasteiger partial charge in [0.15, 0.2) is 0 Å². The van der Waals surface area contributed by atoms with Gasteiger partial charge in [0, 0.05) is 0 Å². The average molecular weight is 360 g/mol. The fourth-order valence-electron chi connectivity index (χ4n) is 1.62. The summed E-state index contributed by atoms with van der Waals surface area (Å²) in [7, 11) is 0. The fraction of sp³-hybridized carbons (Fsp3) is 0.231. The standard InChI is InChI=1S/C13H11F3N4O3S/c1-2-23-12(22)17-8-6-4-3-5-7(8)9(21)18-11-20-19-10(24-11)13(14,15)16/h3-6H,2H2,1H3,(H,17,22)(H,18,20,21). The van der Waals surface area contributed by atoms with Crippen LogP contribution in [0.4, 0.5) is 28.8 Å². The second kappa shape index (κ2) is 7.25. The van der Waals surface area contributed by atoms with Gasteiger partial charge in [-0.05, 0) is 19.1 Å². The number of hydrogen-bond donors (Lipinski definition) is 2. The van der Waals surface area contributed by atoms with E-state index in [1.165, 1.54) is 18.2 Å². The summed E-state index contributed by atoms with van der Waals surface area (Å²) in [4.78, 5) is 23.6. The SMILES string of the molecule is CCOC(=O)Nc1ccccc1C(=O)Nc1nnc(C(F)(F)F)s1. The van der Waals surface area contributed by atoms with Crippen molar-refractivity contribution in [2.45, 2.75) is 13.1 Å². The second-order valence-corrected chi connectivity index (χ2v) is 5.23. The molecule has 0 bridgehead atoms. The maximum Gasteiger partial charge on any atom is 0.445 e. The van der Waals surface area contributed by atoms with E-state index in [-0.39, 0.29) is 34.3 Å². The second-order valence-electron chi connectivity index (χ2n) is 4.26. The molecule has 2 amide bonds. The first kappa shape index (κ1) is 17.7. The summed E-state index contributed by atoms with van der Waals surface area (Å²) >= 11 is 0.200.